The van der Waals surface area contributed by atoms with E-state index in [1.54, 1.807) is 0 Å². The first-order chi connectivity index (χ1) is 6.57. The molecule has 3 atom stereocenters. The number of rotatable bonds is 3. The largest absolute Gasteiger partial charge is 0.330 e. The number of hydrogen-bond donors (Lipinski definition) is 1. The summed E-state index contributed by atoms with van der Waals surface area (Å²) in [5.74, 6) is 0.745. The molecule has 14 heavy (non-hydrogen) atoms. The Kier molecular flexibility index (Phi) is 2.61. The fourth-order valence-electron chi connectivity index (χ4n) is 2.90. The van der Waals surface area contributed by atoms with Gasteiger partial charge in [0.05, 0.1) is 0 Å². The minimum absolute atomic E-state index is 0.623. The molecule has 1 heterocycles. The minimum Gasteiger partial charge on any atom is -0.330 e. The molecule has 0 aromatic heterocycles. The van der Waals surface area contributed by atoms with Crippen molar-refractivity contribution in [2.75, 3.05) is 13.1 Å². The van der Waals surface area contributed by atoms with Gasteiger partial charge in [0.15, 0.2) is 0 Å². The van der Waals surface area contributed by atoms with E-state index in [4.69, 9.17) is 5.73 Å². The van der Waals surface area contributed by atoms with E-state index in [1.165, 1.54) is 25.8 Å². The molecule has 0 aromatic carbocycles. The summed E-state index contributed by atoms with van der Waals surface area (Å²) in [6, 6.07) is 1.50. The van der Waals surface area contributed by atoms with Crippen LogP contribution in [0.3, 0.4) is 0 Å². The maximum atomic E-state index is 5.76. The quantitative estimate of drug-likeness (QED) is 0.746. The van der Waals surface area contributed by atoms with Crippen LogP contribution in [0.15, 0.2) is 0 Å². The Morgan fingerprint density at radius 1 is 1.50 bits per heavy atom. The van der Waals surface area contributed by atoms with Gasteiger partial charge in [-0.05, 0) is 51.0 Å². The molecule has 0 spiro atoms. The van der Waals surface area contributed by atoms with Crippen LogP contribution in [0.1, 0.15) is 40.0 Å². The molecule has 1 aliphatic heterocycles. The molecule has 3 unspecified atom stereocenters. The van der Waals surface area contributed by atoms with Gasteiger partial charge in [-0.2, -0.15) is 0 Å². The van der Waals surface area contributed by atoms with Crippen LogP contribution in [0.5, 0.6) is 0 Å². The molecule has 1 saturated carbocycles. The van der Waals surface area contributed by atoms with Crippen molar-refractivity contribution in [1.82, 2.24) is 4.90 Å². The van der Waals surface area contributed by atoms with Gasteiger partial charge in [0.2, 0.25) is 0 Å². The molecule has 2 rings (SSSR count). The van der Waals surface area contributed by atoms with Gasteiger partial charge in [-0.3, -0.25) is 4.90 Å². The molecule has 0 bridgehead atoms. The Morgan fingerprint density at radius 3 is 2.57 bits per heavy atom. The van der Waals surface area contributed by atoms with Crippen molar-refractivity contribution in [2.24, 2.45) is 17.1 Å². The zero-order chi connectivity index (χ0) is 10.3. The van der Waals surface area contributed by atoms with Crippen LogP contribution in [0.2, 0.25) is 0 Å². The molecule has 2 N–H and O–H groups in total. The third-order valence-electron chi connectivity index (χ3n) is 4.59. The van der Waals surface area contributed by atoms with Gasteiger partial charge in [0.25, 0.3) is 0 Å². The molecule has 2 fully saturated rings. The normalized spacial score (nSPS) is 38.6. The van der Waals surface area contributed by atoms with Crippen LogP contribution in [0.25, 0.3) is 0 Å². The summed E-state index contributed by atoms with van der Waals surface area (Å²) in [5, 5.41) is 0. The maximum absolute atomic E-state index is 5.76. The summed E-state index contributed by atoms with van der Waals surface area (Å²) in [4.78, 5) is 2.69. The molecule has 1 aliphatic carbocycles. The summed E-state index contributed by atoms with van der Waals surface area (Å²) >= 11 is 0. The lowest BCUT2D eigenvalue weighted by Gasteiger charge is -2.33. The fourth-order valence-corrected chi connectivity index (χ4v) is 2.90. The standard InChI is InChI=1S/C12H24N2/c1-9-6-11(7-13)8-14(9)10(2)12(3)4-5-12/h9-11H,4-8,13H2,1-3H3. The second kappa shape index (κ2) is 3.49. The van der Waals surface area contributed by atoms with Crippen molar-refractivity contribution in [3.05, 3.63) is 0 Å². The first kappa shape index (κ1) is 10.4. The first-order valence-corrected chi connectivity index (χ1v) is 6.02. The third kappa shape index (κ3) is 1.70. The Balaban J connectivity index is 1.97. The van der Waals surface area contributed by atoms with E-state index in [-0.39, 0.29) is 0 Å². The smallest absolute Gasteiger partial charge is 0.0124 e. The van der Waals surface area contributed by atoms with Crippen molar-refractivity contribution in [3.8, 4) is 0 Å². The number of nitrogens with zero attached hydrogens (tertiary/aromatic N) is 1. The average Bonchev–Trinajstić information content (AvgIpc) is 2.79. The van der Waals surface area contributed by atoms with E-state index in [9.17, 15) is 0 Å². The highest BCUT2D eigenvalue weighted by Crippen LogP contribution is 2.51. The molecule has 0 radical (unpaired) electrons. The summed E-state index contributed by atoms with van der Waals surface area (Å²) in [6.07, 6.45) is 4.15. The Hall–Kier alpha value is -0.0800. The molecule has 2 heteroatoms. The summed E-state index contributed by atoms with van der Waals surface area (Å²) in [7, 11) is 0. The van der Waals surface area contributed by atoms with E-state index in [2.05, 4.69) is 25.7 Å². The average molecular weight is 196 g/mol. The van der Waals surface area contributed by atoms with E-state index in [0.29, 0.717) is 5.41 Å². The fraction of sp³-hybridized carbons (Fsp3) is 1.00. The first-order valence-electron chi connectivity index (χ1n) is 6.02. The number of nitrogens with two attached hydrogens (primary N) is 1. The van der Waals surface area contributed by atoms with Crippen LogP contribution in [-0.4, -0.2) is 30.1 Å². The third-order valence-corrected chi connectivity index (χ3v) is 4.59. The van der Waals surface area contributed by atoms with Crippen molar-refractivity contribution in [1.29, 1.82) is 0 Å². The highest BCUT2D eigenvalue weighted by atomic mass is 15.2. The van der Waals surface area contributed by atoms with Crippen molar-refractivity contribution < 1.29 is 0 Å². The lowest BCUT2D eigenvalue weighted by atomic mass is 9.98. The maximum Gasteiger partial charge on any atom is 0.0124 e. The van der Waals surface area contributed by atoms with Crippen LogP contribution in [0.4, 0.5) is 0 Å². The Labute approximate surface area is 87.8 Å². The predicted octanol–water partition coefficient (Wildman–Crippen LogP) is 1.84. The molecule has 82 valence electrons. The second-order valence-electron chi connectivity index (χ2n) is 5.71. The molecular weight excluding hydrogens is 172 g/mol. The topological polar surface area (TPSA) is 29.3 Å². The van der Waals surface area contributed by atoms with Crippen LogP contribution in [-0.2, 0) is 0 Å². The van der Waals surface area contributed by atoms with Gasteiger partial charge in [-0.1, -0.05) is 6.92 Å². The van der Waals surface area contributed by atoms with Crippen LogP contribution >= 0.6 is 0 Å². The zero-order valence-electron chi connectivity index (χ0n) is 9.79. The Morgan fingerprint density at radius 2 is 2.14 bits per heavy atom. The molecular formula is C12H24N2. The number of likely N-dealkylation sites (tertiary alicyclic amines) is 1. The highest BCUT2D eigenvalue weighted by molar-refractivity contribution is 5.00. The predicted molar refractivity (Wildman–Crippen MR) is 60.1 cm³/mol. The summed E-state index contributed by atoms with van der Waals surface area (Å²) in [6.45, 7) is 9.29. The zero-order valence-corrected chi connectivity index (χ0v) is 9.79. The number of hydrogen-bond acceptors (Lipinski definition) is 2. The molecule has 0 aromatic rings. The van der Waals surface area contributed by atoms with Crippen LogP contribution < -0.4 is 5.73 Å². The molecule has 2 aliphatic rings. The van der Waals surface area contributed by atoms with Gasteiger partial charge in [-0.25, -0.2) is 0 Å². The van der Waals surface area contributed by atoms with Crippen LogP contribution in [0, 0.1) is 11.3 Å². The molecule has 2 nitrogen and oxygen atoms in total. The minimum atomic E-state index is 0.623. The van der Waals surface area contributed by atoms with Gasteiger partial charge in [0, 0.05) is 18.6 Å². The monoisotopic (exact) mass is 196 g/mol. The lowest BCUT2D eigenvalue weighted by Crippen LogP contribution is -2.41. The Bertz CT molecular complexity index is 210. The van der Waals surface area contributed by atoms with Gasteiger partial charge < -0.3 is 5.73 Å². The van der Waals surface area contributed by atoms with Crippen molar-refractivity contribution >= 4 is 0 Å². The molecule has 0 amide bonds. The van der Waals surface area contributed by atoms with E-state index in [0.717, 1.165) is 24.5 Å². The summed E-state index contributed by atoms with van der Waals surface area (Å²) < 4.78 is 0. The van der Waals surface area contributed by atoms with Crippen molar-refractivity contribution in [3.63, 3.8) is 0 Å². The van der Waals surface area contributed by atoms with E-state index in [1.807, 2.05) is 0 Å². The SMILES string of the molecule is CC1CC(CN)CN1C(C)C1(C)CC1. The van der Waals surface area contributed by atoms with E-state index < -0.39 is 0 Å². The molecule has 1 saturated heterocycles. The van der Waals surface area contributed by atoms with E-state index >= 15 is 0 Å². The highest BCUT2D eigenvalue weighted by Gasteiger charge is 2.47. The van der Waals surface area contributed by atoms with Crippen molar-refractivity contribution in [2.45, 2.75) is 52.1 Å². The van der Waals surface area contributed by atoms with Gasteiger partial charge in [0.1, 0.15) is 0 Å². The second-order valence-corrected chi connectivity index (χ2v) is 5.71. The van der Waals surface area contributed by atoms with Gasteiger partial charge in [-0.15, -0.1) is 0 Å². The summed E-state index contributed by atoms with van der Waals surface area (Å²) in [5.41, 5.74) is 6.38. The van der Waals surface area contributed by atoms with Gasteiger partial charge >= 0.3 is 0 Å². The lowest BCUT2D eigenvalue weighted by molar-refractivity contribution is 0.141.